The van der Waals surface area contributed by atoms with Crippen molar-refractivity contribution in [3.05, 3.63) is 53.5 Å². The van der Waals surface area contributed by atoms with Gasteiger partial charge in [-0.15, -0.1) is 23.1 Å². The van der Waals surface area contributed by atoms with E-state index in [4.69, 9.17) is 4.74 Å². The molecule has 1 saturated heterocycles. The van der Waals surface area contributed by atoms with Crippen molar-refractivity contribution in [2.45, 2.75) is 29.5 Å². The molecule has 0 spiro atoms. The van der Waals surface area contributed by atoms with Crippen LogP contribution < -0.4 is 10.2 Å². The van der Waals surface area contributed by atoms with Crippen LogP contribution in [0.2, 0.25) is 0 Å². The smallest absolute Gasteiger partial charge is 0.308 e. The lowest BCUT2D eigenvalue weighted by Gasteiger charge is -2.37. The summed E-state index contributed by atoms with van der Waals surface area (Å²) in [4.78, 5) is 18.8. The Morgan fingerprint density at radius 2 is 2.26 bits per heavy atom. The molecule has 1 fully saturated rings. The summed E-state index contributed by atoms with van der Waals surface area (Å²) in [5.74, 6) is 0.653. The summed E-state index contributed by atoms with van der Waals surface area (Å²) >= 11 is 3.57. The number of likely N-dealkylation sites (tertiary alicyclic amines) is 1. The predicted molar refractivity (Wildman–Crippen MR) is 136 cm³/mol. The Morgan fingerprint density at radius 3 is 3.00 bits per heavy atom. The third kappa shape index (κ3) is 6.09. The molecular formula is C25H31N3O4S2. The second-order valence-corrected chi connectivity index (χ2v) is 11.0. The maximum Gasteiger partial charge on any atom is 0.308 e. The number of rotatable bonds is 11. The van der Waals surface area contributed by atoms with Gasteiger partial charge < -0.3 is 20.0 Å². The van der Waals surface area contributed by atoms with Crippen LogP contribution in [0.15, 0.2) is 52.2 Å². The van der Waals surface area contributed by atoms with Crippen molar-refractivity contribution in [1.82, 2.24) is 15.4 Å². The van der Waals surface area contributed by atoms with Gasteiger partial charge in [-0.3, -0.25) is 9.78 Å². The van der Waals surface area contributed by atoms with Crippen LogP contribution in [-0.4, -0.2) is 58.7 Å². The molecule has 9 heteroatoms. The minimum absolute atomic E-state index is 0.0807. The molecule has 3 heterocycles. The number of hydrogen-bond acceptors (Lipinski definition) is 8. The molecule has 4 rings (SSSR count). The summed E-state index contributed by atoms with van der Waals surface area (Å²) in [6.45, 7) is 2.38. The summed E-state index contributed by atoms with van der Waals surface area (Å²) in [6, 6.07) is 11.5. The Bertz CT molecular complexity index is 1080. The molecular weight excluding hydrogens is 470 g/mol. The van der Waals surface area contributed by atoms with Crippen molar-refractivity contribution in [3.63, 3.8) is 0 Å². The Labute approximate surface area is 208 Å². The molecule has 3 atom stereocenters. The van der Waals surface area contributed by atoms with Crippen LogP contribution in [0.25, 0.3) is 10.9 Å². The zero-order chi connectivity index (χ0) is 23.9. The number of pyridine rings is 1. The zero-order valence-corrected chi connectivity index (χ0v) is 20.9. The molecule has 1 aromatic carbocycles. The first-order valence-corrected chi connectivity index (χ1v) is 13.4. The Kier molecular flexibility index (Phi) is 8.80. The van der Waals surface area contributed by atoms with E-state index in [1.54, 1.807) is 24.6 Å². The average molecular weight is 502 g/mol. The van der Waals surface area contributed by atoms with E-state index in [-0.39, 0.29) is 12.0 Å². The largest absolute Gasteiger partial charge is 0.497 e. The molecule has 2 aromatic heterocycles. The van der Waals surface area contributed by atoms with Crippen LogP contribution in [0.4, 0.5) is 0 Å². The lowest BCUT2D eigenvalue weighted by molar-refractivity contribution is -0.146. The first kappa shape index (κ1) is 24.9. The summed E-state index contributed by atoms with van der Waals surface area (Å²) in [6.07, 6.45) is 3.95. The van der Waals surface area contributed by atoms with E-state index in [1.165, 1.54) is 4.21 Å². The number of hydroxylamine groups is 1. The number of carboxylic acids is 1. The number of hydrogen-bond donors (Lipinski definition) is 3. The third-order valence-corrected chi connectivity index (χ3v) is 8.76. The molecule has 1 aliphatic rings. The van der Waals surface area contributed by atoms with Crippen LogP contribution >= 0.6 is 23.1 Å². The van der Waals surface area contributed by atoms with Crippen LogP contribution in [0.5, 0.6) is 5.75 Å². The molecule has 1 unspecified atom stereocenters. The number of nitrogens with zero attached hydrogens (tertiary/aromatic N) is 2. The molecule has 0 aliphatic carbocycles. The number of aromatic nitrogens is 1. The number of methoxy groups -OCH3 is 1. The first-order valence-electron chi connectivity index (χ1n) is 11.5. The highest BCUT2D eigenvalue weighted by molar-refractivity contribution is 8.01. The number of carboxylic acid groups (broad SMARTS) is 1. The number of nitrogens with one attached hydrogen (secondary N) is 1. The van der Waals surface area contributed by atoms with Gasteiger partial charge in [-0.2, -0.15) is 5.48 Å². The number of piperidine rings is 1. The Hall–Kier alpha value is -2.17. The van der Waals surface area contributed by atoms with Gasteiger partial charge in [0.25, 0.3) is 0 Å². The topological polar surface area (TPSA) is 94.9 Å². The van der Waals surface area contributed by atoms with Gasteiger partial charge in [-0.25, -0.2) is 0 Å². The standard InChI is InChI=1S/C25H31N3O4S2/c1-32-18-5-7-22-20(15-18)19(8-10-26-22)23(27-31)6-4-17-9-11-28(16-21(17)25(29)30)12-14-34-24-3-2-13-33-24/h2-3,5,7-8,10,13,15,17,21,23,27,31H,4,6,9,11-12,14,16H2,1H3,(H,29,30)/t17-,21+,23?/m1/s1. The van der Waals surface area contributed by atoms with E-state index in [0.717, 1.165) is 53.9 Å². The van der Waals surface area contributed by atoms with Gasteiger partial charge >= 0.3 is 5.97 Å². The maximum absolute atomic E-state index is 12.1. The molecule has 0 amide bonds. The van der Waals surface area contributed by atoms with E-state index in [0.29, 0.717) is 13.0 Å². The molecule has 34 heavy (non-hydrogen) atoms. The van der Waals surface area contributed by atoms with Crippen molar-refractivity contribution in [2.24, 2.45) is 11.8 Å². The van der Waals surface area contributed by atoms with E-state index in [2.05, 4.69) is 32.9 Å². The second-order valence-electron chi connectivity index (χ2n) is 8.62. The number of carbonyl (C=O) groups is 1. The summed E-state index contributed by atoms with van der Waals surface area (Å²) in [5, 5.41) is 22.9. The van der Waals surface area contributed by atoms with Crippen LogP contribution in [-0.2, 0) is 4.79 Å². The maximum atomic E-state index is 12.1. The lowest BCUT2D eigenvalue weighted by atomic mass is 9.81. The number of fused-ring (bicyclic) bond motifs is 1. The van der Waals surface area contributed by atoms with E-state index in [1.807, 2.05) is 36.0 Å². The fourth-order valence-corrected chi connectivity index (χ4v) is 6.63. The monoisotopic (exact) mass is 501 g/mol. The highest BCUT2D eigenvalue weighted by Crippen LogP contribution is 2.34. The van der Waals surface area contributed by atoms with Crippen molar-refractivity contribution in [2.75, 3.05) is 32.5 Å². The fraction of sp³-hybridized carbons (Fsp3) is 0.440. The van der Waals surface area contributed by atoms with Gasteiger partial charge in [0.15, 0.2) is 0 Å². The molecule has 0 radical (unpaired) electrons. The number of ether oxygens (including phenoxy) is 1. The predicted octanol–water partition coefficient (Wildman–Crippen LogP) is 4.92. The first-order chi connectivity index (χ1) is 16.6. The lowest BCUT2D eigenvalue weighted by Crippen LogP contribution is -2.44. The SMILES string of the molecule is COc1ccc2nccc(C(CC[C@@H]3CCN(CCSc4cccs4)C[C@@H]3C(=O)O)NO)c2c1. The molecule has 7 nitrogen and oxygen atoms in total. The number of thiophene rings is 1. The van der Waals surface area contributed by atoms with E-state index in [9.17, 15) is 15.1 Å². The molecule has 182 valence electrons. The van der Waals surface area contributed by atoms with Crippen LogP contribution in [0, 0.1) is 11.8 Å². The van der Waals surface area contributed by atoms with E-state index >= 15 is 0 Å². The number of benzene rings is 1. The highest BCUT2D eigenvalue weighted by atomic mass is 32.2. The molecule has 3 aromatic rings. The van der Waals surface area contributed by atoms with Crippen LogP contribution in [0.3, 0.4) is 0 Å². The Morgan fingerprint density at radius 1 is 1.38 bits per heavy atom. The normalized spacial score (nSPS) is 19.8. The quantitative estimate of drug-likeness (QED) is 0.252. The second kappa shape index (κ2) is 12.0. The van der Waals surface area contributed by atoms with Gasteiger partial charge in [-0.05, 0) is 73.0 Å². The van der Waals surface area contributed by atoms with Gasteiger partial charge in [0.1, 0.15) is 5.75 Å². The molecule has 0 bridgehead atoms. The molecule has 0 saturated carbocycles. The summed E-state index contributed by atoms with van der Waals surface area (Å²) in [5.41, 5.74) is 4.21. The van der Waals surface area contributed by atoms with Gasteiger partial charge in [0.2, 0.25) is 0 Å². The van der Waals surface area contributed by atoms with Crippen molar-refractivity contribution < 1.29 is 19.8 Å². The zero-order valence-electron chi connectivity index (χ0n) is 19.2. The minimum Gasteiger partial charge on any atom is -0.497 e. The van der Waals surface area contributed by atoms with Gasteiger partial charge in [-0.1, -0.05) is 6.07 Å². The Balaban J connectivity index is 1.38. The highest BCUT2D eigenvalue weighted by Gasteiger charge is 2.34. The summed E-state index contributed by atoms with van der Waals surface area (Å²) in [7, 11) is 1.62. The van der Waals surface area contributed by atoms with E-state index < -0.39 is 11.9 Å². The minimum atomic E-state index is -0.729. The number of thioether (sulfide) groups is 1. The van der Waals surface area contributed by atoms with Crippen LogP contribution in [0.1, 0.15) is 30.9 Å². The van der Waals surface area contributed by atoms with Crippen molar-refractivity contribution in [1.29, 1.82) is 0 Å². The molecule has 1 aliphatic heterocycles. The van der Waals surface area contributed by atoms with Gasteiger partial charge in [0, 0.05) is 30.4 Å². The third-order valence-electron chi connectivity index (χ3n) is 6.64. The average Bonchev–Trinajstić information content (AvgIpc) is 3.38. The van der Waals surface area contributed by atoms with Gasteiger partial charge in [0.05, 0.1) is 28.8 Å². The summed E-state index contributed by atoms with van der Waals surface area (Å²) < 4.78 is 6.66. The fourth-order valence-electron chi connectivity index (χ4n) is 4.77. The molecule has 3 N–H and O–H groups in total. The van der Waals surface area contributed by atoms with Crippen molar-refractivity contribution >= 4 is 40.0 Å². The van der Waals surface area contributed by atoms with Crippen molar-refractivity contribution in [3.8, 4) is 5.75 Å². The number of aliphatic carboxylic acids is 1.